The topological polar surface area (TPSA) is 54.4 Å². The molecule has 2 radical (unpaired) electrons. The molecule has 92 valence electrons. The van der Waals surface area contributed by atoms with Crippen LogP contribution < -0.4 is 0 Å². The molecule has 0 atom stereocenters. The van der Waals surface area contributed by atoms with Gasteiger partial charge >= 0.3 is 0 Å². The van der Waals surface area contributed by atoms with Crippen LogP contribution >= 0.6 is 0 Å². The van der Waals surface area contributed by atoms with Gasteiger partial charge < -0.3 is 0 Å². The second kappa shape index (κ2) is 5.38. The minimum absolute atomic E-state index is 0. The molecule has 19 heavy (non-hydrogen) atoms. The molecule has 0 unspecified atom stereocenters. The third kappa shape index (κ3) is 2.78. The predicted molar refractivity (Wildman–Crippen MR) is 77.0 cm³/mol. The minimum atomic E-state index is -4.20. The number of hydrogen-bond acceptors (Lipinski definition) is 2. The van der Waals surface area contributed by atoms with E-state index in [2.05, 4.69) is 0 Å². The Bertz CT molecular complexity index is 857. The smallest absolute Gasteiger partial charge is 0.282 e. The first-order chi connectivity index (χ1) is 8.55. The van der Waals surface area contributed by atoms with Crippen LogP contribution in [0.3, 0.4) is 0 Å². The zero-order chi connectivity index (χ0) is 12.8. The van der Waals surface area contributed by atoms with E-state index in [-0.39, 0.29) is 42.6 Å². The average molecular weight is 298 g/mol. The van der Waals surface area contributed by atoms with Crippen LogP contribution in [-0.4, -0.2) is 50.7 Å². The molecule has 0 amide bonds. The summed E-state index contributed by atoms with van der Waals surface area (Å²) in [6.45, 7) is 0. The van der Waals surface area contributed by atoms with Crippen LogP contribution in [-0.2, 0) is 10.1 Å². The number of benzene rings is 3. The van der Waals surface area contributed by atoms with E-state index in [0.29, 0.717) is 5.39 Å². The van der Waals surface area contributed by atoms with E-state index in [1.165, 1.54) is 6.07 Å². The van der Waals surface area contributed by atoms with Gasteiger partial charge in [-0.05, 0) is 34.4 Å². The van der Waals surface area contributed by atoms with Crippen LogP contribution in [0.15, 0.2) is 59.5 Å². The molecule has 0 saturated heterocycles. The quantitative estimate of drug-likeness (QED) is 0.427. The fourth-order valence-electron chi connectivity index (χ4n) is 2.16. The van der Waals surface area contributed by atoms with E-state index in [1.54, 1.807) is 12.1 Å². The molecular weight excluding hydrogens is 288 g/mol. The van der Waals surface area contributed by atoms with Crippen molar-refractivity contribution in [1.82, 2.24) is 0 Å². The molecule has 0 saturated carbocycles. The average Bonchev–Trinajstić information content (AvgIpc) is 2.34. The Labute approximate surface area is 141 Å². The third-order valence-electron chi connectivity index (χ3n) is 2.98. The van der Waals surface area contributed by atoms with Crippen molar-refractivity contribution in [2.75, 3.05) is 0 Å². The van der Waals surface area contributed by atoms with Gasteiger partial charge in [0.25, 0.3) is 10.1 Å². The zero-order valence-electron chi connectivity index (χ0n) is 10.1. The van der Waals surface area contributed by atoms with Crippen LogP contribution in [0, 0.1) is 0 Å². The summed E-state index contributed by atoms with van der Waals surface area (Å²) in [5.41, 5.74) is 0. The first kappa shape index (κ1) is 14.8. The molecule has 0 spiro atoms. The normalized spacial score (nSPS) is 11.4. The van der Waals surface area contributed by atoms with Crippen molar-refractivity contribution in [2.24, 2.45) is 0 Å². The van der Waals surface area contributed by atoms with E-state index in [4.69, 9.17) is 0 Å². The van der Waals surface area contributed by atoms with Gasteiger partial charge in [0.1, 0.15) is 4.90 Å². The second-order valence-electron chi connectivity index (χ2n) is 4.15. The Kier molecular flexibility index (Phi) is 4.18. The molecule has 0 fully saturated rings. The Hall–Kier alpha value is -0.650. The van der Waals surface area contributed by atoms with Crippen LogP contribution in [0.5, 0.6) is 0 Å². The van der Waals surface area contributed by atoms with Gasteiger partial charge in [0.2, 0.25) is 0 Å². The SMILES string of the molecule is O=S(=O)(O)c1cccc2cc3ccccc3cc12.[Ca]. The third-order valence-corrected chi connectivity index (χ3v) is 3.90. The van der Waals surface area contributed by atoms with Crippen LogP contribution in [0.25, 0.3) is 21.5 Å². The van der Waals surface area contributed by atoms with Crippen molar-refractivity contribution < 1.29 is 13.0 Å². The maximum atomic E-state index is 11.3. The Morgan fingerprint density at radius 3 is 2.00 bits per heavy atom. The Balaban J connectivity index is 0.00000133. The summed E-state index contributed by atoms with van der Waals surface area (Å²) in [7, 11) is -4.20. The Morgan fingerprint density at radius 2 is 1.37 bits per heavy atom. The fourth-order valence-corrected chi connectivity index (χ4v) is 2.87. The molecule has 0 aliphatic rings. The number of fused-ring (bicyclic) bond motifs is 2. The molecule has 1 N–H and O–H groups in total. The van der Waals surface area contributed by atoms with Crippen LogP contribution in [0.1, 0.15) is 0 Å². The maximum Gasteiger partial charge on any atom is 0.295 e. The van der Waals surface area contributed by atoms with Gasteiger partial charge in [-0.3, -0.25) is 4.55 Å². The van der Waals surface area contributed by atoms with Crippen molar-refractivity contribution >= 4 is 69.4 Å². The predicted octanol–water partition coefficient (Wildman–Crippen LogP) is 2.86. The van der Waals surface area contributed by atoms with Crippen LogP contribution in [0.2, 0.25) is 0 Å². The van der Waals surface area contributed by atoms with Crippen molar-refractivity contribution in [3.8, 4) is 0 Å². The molecule has 0 aromatic heterocycles. The van der Waals surface area contributed by atoms with Crippen molar-refractivity contribution in [1.29, 1.82) is 0 Å². The molecule has 5 heteroatoms. The van der Waals surface area contributed by atoms with E-state index in [1.807, 2.05) is 36.4 Å². The first-order valence-electron chi connectivity index (χ1n) is 5.45. The summed E-state index contributed by atoms with van der Waals surface area (Å²) in [6.07, 6.45) is 0. The van der Waals surface area contributed by atoms with Gasteiger partial charge in [-0.2, -0.15) is 8.42 Å². The molecule has 3 aromatic carbocycles. The largest absolute Gasteiger partial charge is 0.295 e. The number of hydrogen-bond donors (Lipinski definition) is 1. The van der Waals surface area contributed by atoms with Gasteiger partial charge in [0.05, 0.1) is 0 Å². The second-order valence-corrected chi connectivity index (χ2v) is 5.54. The monoisotopic (exact) mass is 298 g/mol. The summed E-state index contributed by atoms with van der Waals surface area (Å²) in [5.74, 6) is 0. The molecule has 0 aliphatic heterocycles. The number of rotatable bonds is 1. The van der Waals surface area contributed by atoms with Gasteiger partial charge in [-0.15, -0.1) is 0 Å². The van der Waals surface area contributed by atoms with E-state index in [9.17, 15) is 13.0 Å². The standard InChI is InChI=1S/C14H10O3S.Ca/c15-18(16,17)14-7-3-6-12-8-10-4-1-2-5-11(10)9-13(12)14;/h1-9H,(H,15,16,17);. The summed E-state index contributed by atoms with van der Waals surface area (Å²) in [6, 6.07) is 16.3. The van der Waals surface area contributed by atoms with Gasteiger partial charge in [0, 0.05) is 43.1 Å². The van der Waals surface area contributed by atoms with E-state index >= 15 is 0 Å². The Morgan fingerprint density at radius 1 is 0.789 bits per heavy atom. The van der Waals surface area contributed by atoms with Crippen LogP contribution in [0.4, 0.5) is 0 Å². The first-order valence-corrected chi connectivity index (χ1v) is 6.89. The van der Waals surface area contributed by atoms with E-state index < -0.39 is 10.1 Å². The summed E-state index contributed by atoms with van der Waals surface area (Å²) in [5, 5.41) is 3.32. The molecular formula is C14H10CaO3S. The summed E-state index contributed by atoms with van der Waals surface area (Å²) in [4.78, 5) is -0.0502. The van der Waals surface area contributed by atoms with Gasteiger partial charge in [-0.25, -0.2) is 0 Å². The maximum absolute atomic E-state index is 11.3. The van der Waals surface area contributed by atoms with Crippen molar-refractivity contribution in [3.05, 3.63) is 54.6 Å². The van der Waals surface area contributed by atoms with Gasteiger partial charge in [0.15, 0.2) is 0 Å². The zero-order valence-corrected chi connectivity index (χ0v) is 13.1. The van der Waals surface area contributed by atoms with Crippen molar-refractivity contribution in [2.45, 2.75) is 4.90 Å². The molecule has 0 heterocycles. The fraction of sp³-hybridized carbons (Fsp3) is 0. The molecule has 0 aliphatic carbocycles. The summed E-state index contributed by atoms with van der Waals surface area (Å²) < 4.78 is 31.9. The van der Waals surface area contributed by atoms with Crippen molar-refractivity contribution in [3.63, 3.8) is 0 Å². The minimum Gasteiger partial charge on any atom is -0.282 e. The van der Waals surface area contributed by atoms with Gasteiger partial charge in [-0.1, -0.05) is 36.4 Å². The molecule has 0 bridgehead atoms. The molecule has 3 rings (SSSR count). The molecule has 3 nitrogen and oxygen atoms in total. The molecule has 3 aromatic rings. The summed E-state index contributed by atoms with van der Waals surface area (Å²) >= 11 is 0. The van der Waals surface area contributed by atoms with E-state index in [0.717, 1.165) is 16.2 Å².